The fourth-order valence-electron chi connectivity index (χ4n) is 3.81. The number of unbranched alkanes of at least 4 members (excludes halogenated alkanes) is 1. The molecule has 0 aliphatic rings. The van der Waals surface area contributed by atoms with Gasteiger partial charge in [-0.1, -0.05) is 54.6 Å². The van der Waals surface area contributed by atoms with E-state index in [9.17, 15) is 4.79 Å². The third-order valence-electron chi connectivity index (χ3n) is 5.30. The van der Waals surface area contributed by atoms with E-state index in [0.29, 0.717) is 6.61 Å². The molecule has 0 fully saturated rings. The summed E-state index contributed by atoms with van der Waals surface area (Å²) in [6.07, 6.45) is 2.91. The summed E-state index contributed by atoms with van der Waals surface area (Å²) in [5.41, 5.74) is 0.953. The molecular weight excluding hydrogens is 332 g/mol. The Bertz CT molecular complexity index is 1090. The summed E-state index contributed by atoms with van der Waals surface area (Å²) in [5.74, 6) is -0.120. The molecule has 4 aromatic rings. The average molecular weight is 358 g/mol. The van der Waals surface area contributed by atoms with Gasteiger partial charge in [-0.15, -0.1) is 0 Å². The summed E-state index contributed by atoms with van der Waals surface area (Å²) in [5, 5.41) is 8.00. The predicted octanol–water partition coefficient (Wildman–Crippen LogP) is 6.50. The molecule has 0 saturated heterocycles. The van der Waals surface area contributed by atoms with Crippen LogP contribution in [0.15, 0.2) is 54.6 Å². The van der Waals surface area contributed by atoms with E-state index in [1.165, 1.54) is 37.9 Å². The van der Waals surface area contributed by atoms with Crippen LogP contribution in [0.5, 0.6) is 0 Å². The normalized spacial score (nSPS) is 12.3. The second-order valence-corrected chi connectivity index (χ2v) is 8.42. The quantitative estimate of drug-likeness (QED) is 0.231. The van der Waals surface area contributed by atoms with Crippen molar-refractivity contribution in [3.05, 3.63) is 60.2 Å². The van der Waals surface area contributed by atoms with E-state index in [2.05, 4.69) is 54.6 Å². The van der Waals surface area contributed by atoms with Crippen molar-refractivity contribution in [1.82, 2.24) is 0 Å². The second-order valence-electron chi connectivity index (χ2n) is 8.42. The van der Waals surface area contributed by atoms with Crippen LogP contribution < -0.4 is 0 Å². The highest BCUT2D eigenvalue weighted by Crippen LogP contribution is 2.36. The van der Waals surface area contributed by atoms with Crippen molar-refractivity contribution in [2.24, 2.45) is 5.41 Å². The summed E-state index contributed by atoms with van der Waals surface area (Å²) in [7, 11) is 0. The van der Waals surface area contributed by atoms with Gasteiger partial charge in [0.05, 0.1) is 12.0 Å². The summed E-state index contributed by atoms with van der Waals surface area (Å²) in [6.45, 7) is 6.17. The molecule has 0 aromatic heterocycles. The Balaban J connectivity index is 1.54. The molecule has 0 aliphatic heterocycles. The molecule has 0 aliphatic carbocycles. The SMILES string of the molecule is CC(C)(C)C(=O)OCCCCc1ccc2ccc3cccc4ccc1c2c34. The van der Waals surface area contributed by atoms with Crippen molar-refractivity contribution in [2.75, 3.05) is 6.61 Å². The number of hydrogen-bond donors (Lipinski definition) is 0. The number of benzene rings is 4. The number of aryl methyl sites for hydroxylation is 1. The van der Waals surface area contributed by atoms with Gasteiger partial charge in [0, 0.05) is 0 Å². The fraction of sp³-hybridized carbons (Fsp3) is 0.320. The van der Waals surface area contributed by atoms with Gasteiger partial charge >= 0.3 is 5.97 Å². The zero-order chi connectivity index (χ0) is 19.0. The number of rotatable bonds is 5. The first kappa shape index (κ1) is 17.8. The van der Waals surface area contributed by atoms with Gasteiger partial charge in [0.25, 0.3) is 0 Å². The van der Waals surface area contributed by atoms with Gasteiger partial charge in [-0.3, -0.25) is 4.79 Å². The molecule has 0 amide bonds. The van der Waals surface area contributed by atoms with Gasteiger partial charge in [-0.05, 0) is 77.9 Å². The molecule has 0 radical (unpaired) electrons. The summed E-state index contributed by atoms with van der Waals surface area (Å²) < 4.78 is 5.39. The Labute approximate surface area is 160 Å². The van der Waals surface area contributed by atoms with Crippen LogP contribution in [-0.2, 0) is 16.0 Å². The van der Waals surface area contributed by atoms with E-state index < -0.39 is 5.41 Å². The molecule has 2 nitrogen and oxygen atoms in total. The number of carbonyl (C=O) groups is 1. The number of ether oxygens (including phenoxy) is 1. The standard InChI is InChI=1S/C25H26O2/c1-25(2,3)24(26)27-16-5-4-7-17-10-11-20-13-12-18-8-6-9-19-14-15-21(17)23(20)22(18)19/h6,8-15H,4-5,7,16H2,1-3H3. The van der Waals surface area contributed by atoms with Crippen molar-refractivity contribution >= 4 is 38.3 Å². The largest absolute Gasteiger partial charge is 0.465 e. The lowest BCUT2D eigenvalue weighted by Gasteiger charge is -2.16. The first-order valence-corrected chi connectivity index (χ1v) is 9.78. The van der Waals surface area contributed by atoms with E-state index in [-0.39, 0.29) is 5.97 Å². The lowest BCUT2D eigenvalue weighted by molar-refractivity contribution is -0.153. The molecule has 0 bridgehead atoms. The predicted molar refractivity (Wildman–Crippen MR) is 113 cm³/mol. The molecule has 2 heteroatoms. The van der Waals surface area contributed by atoms with Crippen LogP contribution in [0.3, 0.4) is 0 Å². The van der Waals surface area contributed by atoms with Gasteiger partial charge in [0.15, 0.2) is 0 Å². The molecular formula is C25H26O2. The average Bonchev–Trinajstić information content (AvgIpc) is 2.65. The van der Waals surface area contributed by atoms with Crippen LogP contribution in [0.4, 0.5) is 0 Å². The maximum absolute atomic E-state index is 11.8. The molecule has 4 rings (SSSR count). The van der Waals surface area contributed by atoms with Crippen molar-refractivity contribution < 1.29 is 9.53 Å². The molecule has 0 heterocycles. The highest BCUT2D eigenvalue weighted by molar-refractivity contribution is 6.23. The summed E-state index contributed by atoms with van der Waals surface area (Å²) in [4.78, 5) is 11.8. The van der Waals surface area contributed by atoms with Crippen molar-refractivity contribution in [2.45, 2.75) is 40.0 Å². The molecule has 4 aromatic carbocycles. The summed E-state index contributed by atoms with van der Waals surface area (Å²) in [6, 6.07) is 19.9. The summed E-state index contributed by atoms with van der Waals surface area (Å²) >= 11 is 0. The molecule has 0 saturated carbocycles. The molecule has 0 atom stereocenters. The van der Waals surface area contributed by atoms with Gasteiger partial charge < -0.3 is 4.74 Å². The third kappa shape index (κ3) is 3.37. The molecule has 138 valence electrons. The minimum absolute atomic E-state index is 0.120. The molecule has 0 spiro atoms. The zero-order valence-corrected chi connectivity index (χ0v) is 16.3. The minimum atomic E-state index is -0.425. The van der Waals surface area contributed by atoms with Gasteiger partial charge in [-0.2, -0.15) is 0 Å². The Morgan fingerprint density at radius 2 is 1.44 bits per heavy atom. The lowest BCUT2D eigenvalue weighted by atomic mass is 9.90. The van der Waals surface area contributed by atoms with Crippen molar-refractivity contribution in [1.29, 1.82) is 0 Å². The van der Waals surface area contributed by atoms with Gasteiger partial charge in [0.2, 0.25) is 0 Å². The lowest BCUT2D eigenvalue weighted by Crippen LogP contribution is -2.23. The fourth-order valence-corrected chi connectivity index (χ4v) is 3.81. The highest BCUT2D eigenvalue weighted by Gasteiger charge is 2.22. The van der Waals surface area contributed by atoms with Crippen LogP contribution in [-0.4, -0.2) is 12.6 Å². The van der Waals surface area contributed by atoms with E-state index in [1.54, 1.807) is 0 Å². The molecule has 0 unspecified atom stereocenters. The monoisotopic (exact) mass is 358 g/mol. The third-order valence-corrected chi connectivity index (χ3v) is 5.30. The Morgan fingerprint density at radius 3 is 2.15 bits per heavy atom. The Kier molecular flexibility index (Phi) is 4.51. The first-order valence-electron chi connectivity index (χ1n) is 9.78. The van der Waals surface area contributed by atoms with E-state index in [0.717, 1.165) is 19.3 Å². The van der Waals surface area contributed by atoms with Crippen molar-refractivity contribution in [3.8, 4) is 0 Å². The van der Waals surface area contributed by atoms with Crippen LogP contribution in [0, 0.1) is 5.41 Å². The first-order chi connectivity index (χ1) is 12.9. The molecule has 27 heavy (non-hydrogen) atoms. The second kappa shape index (κ2) is 6.84. The minimum Gasteiger partial charge on any atom is -0.465 e. The maximum Gasteiger partial charge on any atom is 0.311 e. The maximum atomic E-state index is 11.8. The number of esters is 1. The van der Waals surface area contributed by atoms with E-state index >= 15 is 0 Å². The number of hydrogen-bond acceptors (Lipinski definition) is 2. The van der Waals surface area contributed by atoms with Gasteiger partial charge in [0.1, 0.15) is 0 Å². The van der Waals surface area contributed by atoms with E-state index in [1.807, 2.05) is 20.8 Å². The van der Waals surface area contributed by atoms with Crippen LogP contribution in [0.2, 0.25) is 0 Å². The zero-order valence-electron chi connectivity index (χ0n) is 16.3. The smallest absolute Gasteiger partial charge is 0.311 e. The Morgan fingerprint density at radius 1 is 0.815 bits per heavy atom. The van der Waals surface area contributed by atoms with Crippen molar-refractivity contribution in [3.63, 3.8) is 0 Å². The highest BCUT2D eigenvalue weighted by atomic mass is 16.5. The number of carbonyl (C=O) groups excluding carboxylic acids is 1. The van der Waals surface area contributed by atoms with Gasteiger partial charge in [-0.25, -0.2) is 0 Å². The topological polar surface area (TPSA) is 26.3 Å². The van der Waals surface area contributed by atoms with Crippen LogP contribution >= 0.6 is 0 Å². The van der Waals surface area contributed by atoms with E-state index in [4.69, 9.17) is 4.74 Å². The van der Waals surface area contributed by atoms with Crippen LogP contribution in [0.25, 0.3) is 32.3 Å². The Hall–Kier alpha value is -2.61. The van der Waals surface area contributed by atoms with Crippen LogP contribution in [0.1, 0.15) is 39.2 Å². The molecule has 0 N–H and O–H groups in total.